The number of allylic oxidation sites excluding steroid dienone is 1. The third-order valence-corrected chi connectivity index (χ3v) is 2.62. The Balaban J connectivity index is 2.49. The largest absolute Gasteiger partial charge is 0.392 e. The van der Waals surface area contributed by atoms with Gasteiger partial charge in [-0.15, -0.1) is 6.58 Å². The first-order valence-corrected chi connectivity index (χ1v) is 5.15. The lowest BCUT2D eigenvalue weighted by Crippen LogP contribution is -1.93. The van der Waals surface area contributed by atoms with E-state index >= 15 is 0 Å². The van der Waals surface area contributed by atoms with Crippen LogP contribution in [-0.4, -0.2) is 9.67 Å². The summed E-state index contributed by atoms with van der Waals surface area (Å²) >= 11 is 0. The van der Waals surface area contributed by atoms with Crippen molar-refractivity contribution in [3.63, 3.8) is 0 Å². The maximum atomic E-state index is 9.24. The Morgan fingerprint density at radius 2 is 2.13 bits per heavy atom. The summed E-state index contributed by atoms with van der Waals surface area (Å²) in [6.45, 7) is 4.74. The lowest BCUT2D eigenvalue weighted by molar-refractivity contribution is 0.283. The number of aliphatic hydroxyl groups excluding tert-OH is 1. The highest BCUT2D eigenvalue weighted by Gasteiger charge is 2.05. The van der Waals surface area contributed by atoms with E-state index in [0.717, 1.165) is 23.9 Å². The van der Waals surface area contributed by atoms with Crippen molar-refractivity contribution < 1.29 is 5.11 Å². The Labute approximate surface area is 89.5 Å². The van der Waals surface area contributed by atoms with E-state index in [4.69, 9.17) is 0 Å². The van der Waals surface area contributed by atoms with Crippen molar-refractivity contribution in [2.24, 2.45) is 0 Å². The highest BCUT2D eigenvalue weighted by molar-refractivity contribution is 5.83. The maximum Gasteiger partial charge on any atom is 0.0702 e. The van der Waals surface area contributed by atoms with Gasteiger partial charge >= 0.3 is 0 Å². The van der Waals surface area contributed by atoms with Crippen LogP contribution in [0.3, 0.4) is 0 Å². The summed E-state index contributed by atoms with van der Waals surface area (Å²) in [6, 6.07) is 8.15. The molecule has 1 N–H and O–H groups in total. The van der Waals surface area contributed by atoms with E-state index in [2.05, 4.69) is 17.2 Å². The lowest BCUT2D eigenvalue weighted by atomic mass is 10.2. The van der Waals surface area contributed by atoms with Gasteiger partial charge in [0.1, 0.15) is 0 Å². The topological polar surface area (TPSA) is 25.2 Å². The molecule has 2 heteroatoms. The van der Waals surface area contributed by atoms with E-state index in [0.29, 0.717) is 0 Å². The molecule has 0 amide bonds. The molecule has 0 aliphatic carbocycles. The fourth-order valence-electron chi connectivity index (χ4n) is 1.86. The third kappa shape index (κ3) is 1.81. The van der Waals surface area contributed by atoms with Crippen molar-refractivity contribution in [3.8, 4) is 0 Å². The van der Waals surface area contributed by atoms with Crippen LogP contribution in [0.4, 0.5) is 0 Å². The zero-order chi connectivity index (χ0) is 10.7. The molecule has 2 aromatic rings. The van der Waals surface area contributed by atoms with Crippen molar-refractivity contribution in [2.45, 2.75) is 19.6 Å². The van der Waals surface area contributed by atoms with Crippen LogP contribution in [0, 0.1) is 0 Å². The van der Waals surface area contributed by atoms with Crippen LogP contribution in [0.2, 0.25) is 0 Å². The fourth-order valence-corrected chi connectivity index (χ4v) is 1.86. The molecule has 1 aromatic heterocycles. The van der Waals surface area contributed by atoms with Gasteiger partial charge in [0.25, 0.3) is 0 Å². The minimum atomic E-state index is 0.0988. The molecular weight excluding hydrogens is 186 g/mol. The van der Waals surface area contributed by atoms with Gasteiger partial charge in [-0.3, -0.25) is 0 Å². The number of hydrogen-bond donors (Lipinski definition) is 1. The predicted octanol–water partition coefficient (Wildman–Crippen LogP) is 2.71. The van der Waals surface area contributed by atoms with E-state index in [-0.39, 0.29) is 6.61 Å². The summed E-state index contributed by atoms with van der Waals surface area (Å²) in [4.78, 5) is 0. The molecule has 15 heavy (non-hydrogen) atoms. The highest BCUT2D eigenvalue weighted by atomic mass is 16.3. The Morgan fingerprint density at radius 3 is 2.87 bits per heavy atom. The van der Waals surface area contributed by atoms with Gasteiger partial charge < -0.3 is 9.67 Å². The highest BCUT2D eigenvalue weighted by Crippen LogP contribution is 2.21. The number of aryl methyl sites for hydroxylation is 1. The van der Waals surface area contributed by atoms with Crippen LogP contribution in [0.15, 0.2) is 43.1 Å². The number of fused-ring (bicyclic) bond motifs is 1. The van der Waals surface area contributed by atoms with Gasteiger partial charge in [0.15, 0.2) is 0 Å². The van der Waals surface area contributed by atoms with Crippen LogP contribution in [0.5, 0.6) is 0 Å². The molecule has 0 bridgehead atoms. The minimum absolute atomic E-state index is 0.0988. The molecule has 0 aliphatic heterocycles. The van der Waals surface area contributed by atoms with Gasteiger partial charge in [-0.1, -0.05) is 24.3 Å². The molecular formula is C13H15NO. The summed E-state index contributed by atoms with van der Waals surface area (Å²) in [5.41, 5.74) is 2.18. The van der Waals surface area contributed by atoms with Gasteiger partial charge in [-0.2, -0.15) is 0 Å². The molecule has 1 heterocycles. The number of benzene rings is 1. The molecule has 0 atom stereocenters. The average Bonchev–Trinajstić information content (AvgIpc) is 2.65. The molecule has 2 rings (SSSR count). The zero-order valence-electron chi connectivity index (χ0n) is 8.69. The predicted molar refractivity (Wildman–Crippen MR) is 62.7 cm³/mol. The molecule has 2 nitrogen and oxygen atoms in total. The summed E-state index contributed by atoms with van der Waals surface area (Å²) in [6.07, 6.45) is 4.88. The number of nitrogens with zero attached hydrogens (tertiary/aromatic N) is 1. The van der Waals surface area contributed by atoms with Crippen LogP contribution >= 0.6 is 0 Å². The first kappa shape index (κ1) is 9.99. The van der Waals surface area contributed by atoms with E-state index in [1.807, 2.05) is 30.5 Å². The van der Waals surface area contributed by atoms with Crippen LogP contribution in [0.1, 0.15) is 12.0 Å². The first-order chi connectivity index (χ1) is 7.36. The summed E-state index contributed by atoms with van der Waals surface area (Å²) in [7, 11) is 0. The molecule has 0 radical (unpaired) electrons. The van der Waals surface area contributed by atoms with E-state index in [1.54, 1.807) is 0 Å². The number of hydrogen-bond acceptors (Lipinski definition) is 1. The van der Waals surface area contributed by atoms with Crippen LogP contribution in [0.25, 0.3) is 10.9 Å². The monoisotopic (exact) mass is 201 g/mol. The summed E-state index contributed by atoms with van der Waals surface area (Å²) in [5, 5.41) is 10.4. The summed E-state index contributed by atoms with van der Waals surface area (Å²) < 4.78 is 2.17. The van der Waals surface area contributed by atoms with Crippen molar-refractivity contribution in [3.05, 3.63) is 48.7 Å². The molecule has 0 spiro atoms. The summed E-state index contributed by atoms with van der Waals surface area (Å²) in [5.74, 6) is 0. The fraction of sp³-hybridized carbons (Fsp3) is 0.231. The standard InChI is InChI=1S/C13H15NO/c1-2-3-8-14-9-11(10-15)12-6-4-5-7-13(12)14/h2,4-7,9,15H,1,3,8,10H2. The van der Waals surface area contributed by atoms with E-state index < -0.39 is 0 Å². The minimum Gasteiger partial charge on any atom is -0.392 e. The van der Waals surface area contributed by atoms with Gasteiger partial charge in [0.05, 0.1) is 6.61 Å². The third-order valence-electron chi connectivity index (χ3n) is 2.62. The maximum absolute atomic E-state index is 9.24. The van der Waals surface area contributed by atoms with Crippen molar-refractivity contribution in [2.75, 3.05) is 0 Å². The second-order valence-corrected chi connectivity index (χ2v) is 3.60. The van der Waals surface area contributed by atoms with E-state index in [9.17, 15) is 5.11 Å². The molecule has 0 saturated heterocycles. The van der Waals surface area contributed by atoms with Crippen LogP contribution in [-0.2, 0) is 13.2 Å². The molecule has 0 saturated carbocycles. The normalized spacial score (nSPS) is 10.7. The second-order valence-electron chi connectivity index (χ2n) is 3.60. The Morgan fingerprint density at radius 1 is 1.33 bits per heavy atom. The van der Waals surface area contributed by atoms with Crippen LogP contribution < -0.4 is 0 Å². The van der Waals surface area contributed by atoms with Crippen molar-refractivity contribution in [1.82, 2.24) is 4.57 Å². The quantitative estimate of drug-likeness (QED) is 0.756. The average molecular weight is 201 g/mol. The Bertz CT molecular complexity index is 470. The molecule has 0 aliphatic rings. The van der Waals surface area contributed by atoms with Gasteiger partial charge in [0, 0.05) is 29.2 Å². The number of rotatable bonds is 4. The van der Waals surface area contributed by atoms with E-state index in [1.165, 1.54) is 5.52 Å². The molecule has 0 fully saturated rings. The molecule has 1 aromatic carbocycles. The van der Waals surface area contributed by atoms with Gasteiger partial charge in [-0.05, 0) is 12.5 Å². The number of para-hydroxylation sites is 1. The smallest absolute Gasteiger partial charge is 0.0702 e. The SMILES string of the molecule is C=CCCn1cc(CO)c2ccccc21. The second kappa shape index (κ2) is 4.32. The zero-order valence-corrected chi connectivity index (χ0v) is 8.69. The Kier molecular flexibility index (Phi) is 2.88. The molecule has 0 unspecified atom stereocenters. The van der Waals surface area contributed by atoms with Crippen molar-refractivity contribution >= 4 is 10.9 Å². The molecule has 78 valence electrons. The number of aromatic nitrogens is 1. The van der Waals surface area contributed by atoms with Crippen molar-refractivity contribution in [1.29, 1.82) is 0 Å². The van der Waals surface area contributed by atoms with Gasteiger partial charge in [-0.25, -0.2) is 0 Å². The Hall–Kier alpha value is -1.54. The first-order valence-electron chi connectivity index (χ1n) is 5.15. The van der Waals surface area contributed by atoms with Gasteiger partial charge in [0.2, 0.25) is 0 Å². The lowest BCUT2D eigenvalue weighted by Gasteiger charge is -2.01. The number of aliphatic hydroxyl groups is 1.